The molecule has 0 radical (unpaired) electrons. The summed E-state index contributed by atoms with van der Waals surface area (Å²) >= 11 is 6.36. The fourth-order valence-electron chi connectivity index (χ4n) is 2.08. The molecular weight excluding hydrogens is 350 g/mol. The second kappa shape index (κ2) is 8.16. The van der Waals surface area contributed by atoms with E-state index in [-0.39, 0.29) is 30.6 Å². The van der Waals surface area contributed by atoms with Crippen LogP contribution >= 0.6 is 24.0 Å². The quantitative estimate of drug-likeness (QED) is 0.470. The Labute approximate surface area is 149 Å². The van der Waals surface area contributed by atoms with E-state index in [4.69, 9.17) is 21.7 Å². The van der Waals surface area contributed by atoms with Crippen LogP contribution in [0, 0.1) is 0 Å². The molecule has 0 saturated carbocycles. The molecule has 0 bridgehead atoms. The van der Waals surface area contributed by atoms with Crippen LogP contribution in [0.4, 0.5) is 0 Å². The summed E-state index contributed by atoms with van der Waals surface area (Å²) in [4.78, 5) is 25.6. The number of hydrogen-bond donors (Lipinski definition) is 1. The lowest BCUT2D eigenvalue weighted by atomic mass is 10.2. The lowest BCUT2D eigenvalue weighted by Crippen LogP contribution is -2.30. The predicted molar refractivity (Wildman–Crippen MR) is 95.8 cm³/mol. The smallest absolute Gasteiger partial charge is 0.307 e. The molecule has 1 aromatic carbocycles. The lowest BCUT2D eigenvalue weighted by Gasteiger charge is -2.13. The van der Waals surface area contributed by atoms with Crippen molar-refractivity contribution >= 4 is 46.3 Å². The van der Waals surface area contributed by atoms with Gasteiger partial charge in [-0.05, 0) is 30.7 Å². The minimum absolute atomic E-state index is 0.0101. The zero-order valence-electron chi connectivity index (χ0n) is 13.3. The molecule has 1 heterocycles. The number of phenolic OH excluding ortho intramolecular Hbond substituents is 1. The van der Waals surface area contributed by atoms with Crippen LogP contribution < -0.4 is 4.74 Å². The molecule has 0 aliphatic carbocycles. The number of thioether (sulfide) groups is 1. The third-order valence-corrected chi connectivity index (χ3v) is 4.60. The molecule has 1 saturated heterocycles. The van der Waals surface area contributed by atoms with Crippen molar-refractivity contribution in [1.29, 1.82) is 0 Å². The number of methoxy groups -OCH3 is 1. The second-order valence-corrected chi connectivity index (χ2v) is 6.50. The molecule has 0 spiro atoms. The SMILES string of the molecule is CCOC(=O)CCN1C(=O)/C(=C/c2ccc(OC)c(O)c2)SC1=S. The minimum Gasteiger partial charge on any atom is -0.504 e. The van der Waals surface area contributed by atoms with Crippen LogP contribution in [-0.4, -0.2) is 46.5 Å². The number of aromatic hydroxyl groups is 1. The fraction of sp³-hybridized carbons (Fsp3) is 0.312. The molecule has 1 amide bonds. The molecule has 6 nitrogen and oxygen atoms in total. The maximum atomic E-state index is 12.4. The molecule has 0 unspecified atom stereocenters. The Morgan fingerprint density at radius 3 is 2.83 bits per heavy atom. The van der Waals surface area contributed by atoms with Crippen molar-refractivity contribution in [1.82, 2.24) is 4.90 Å². The van der Waals surface area contributed by atoms with Crippen LogP contribution in [-0.2, 0) is 14.3 Å². The van der Waals surface area contributed by atoms with Gasteiger partial charge in [0.1, 0.15) is 4.32 Å². The van der Waals surface area contributed by atoms with E-state index in [1.54, 1.807) is 25.1 Å². The van der Waals surface area contributed by atoms with Crippen LogP contribution in [0.25, 0.3) is 6.08 Å². The molecule has 8 heteroatoms. The van der Waals surface area contributed by atoms with Crippen molar-refractivity contribution in [3.8, 4) is 11.5 Å². The zero-order valence-corrected chi connectivity index (χ0v) is 14.9. The predicted octanol–water partition coefficient (Wildman–Crippen LogP) is 2.56. The van der Waals surface area contributed by atoms with Gasteiger partial charge in [0.05, 0.1) is 25.0 Å². The number of carbonyl (C=O) groups excluding carboxylic acids is 2. The van der Waals surface area contributed by atoms with E-state index in [2.05, 4.69) is 0 Å². The first-order chi connectivity index (χ1) is 11.5. The van der Waals surface area contributed by atoms with Crippen LogP contribution in [0.3, 0.4) is 0 Å². The van der Waals surface area contributed by atoms with Crippen LogP contribution in [0.2, 0.25) is 0 Å². The van der Waals surface area contributed by atoms with E-state index >= 15 is 0 Å². The largest absolute Gasteiger partial charge is 0.504 e. The highest BCUT2D eigenvalue weighted by Gasteiger charge is 2.32. The van der Waals surface area contributed by atoms with Gasteiger partial charge in [-0.1, -0.05) is 30.0 Å². The number of thiocarbonyl (C=S) groups is 1. The van der Waals surface area contributed by atoms with Crippen LogP contribution in [0.15, 0.2) is 23.1 Å². The Bertz CT molecular complexity index is 702. The molecule has 1 aliphatic rings. The third kappa shape index (κ3) is 4.27. The van der Waals surface area contributed by atoms with Crippen molar-refractivity contribution < 1.29 is 24.2 Å². The number of nitrogens with zero attached hydrogens (tertiary/aromatic N) is 1. The number of ether oxygens (including phenoxy) is 2. The zero-order chi connectivity index (χ0) is 17.7. The van der Waals surface area contributed by atoms with Gasteiger partial charge in [0.2, 0.25) is 0 Å². The first kappa shape index (κ1) is 18.3. The van der Waals surface area contributed by atoms with Gasteiger partial charge in [-0.25, -0.2) is 0 Å². The van der Waals surface area contributed by atoms with E-state index in [0.717, 1.165) is 11.8 Å². The van der Waals surface area contributed by atoms with Gasteiger partial charge >= 0.3 is 5.97 Å². The summed E-state index contributed by atoms with van der Waals surface area (Å²) in [5.41, 5.74) is 0.652. The Hall–Kier alpha value is -2.06. The number of phenols is 1. The van der Waals surface area contributed by atoms with E-state index in [0.29, 0.717) is 27.1 Å². The number of benzene rings is 1. The van der Waals surface area contributed by atoms with Gasteiger partial charge < -0.3 is 14.6 Å². The average molecular weight is 367 g/mol. The van der Waals surface area contributed by atoms with E-state index in [9.17, 15) is 14.7 Å². The molecule has 0 atom stereocenters. The van der Waals surface area contributed by atoms with Gasteiger partial charge in [0.25, 0.3) is 5.91 Å². The highest BCUT2D eigenvalue weighted by Crippen LogP contribution is 2.34. The summed E-state index contributed by atoms with van der Waals surface area (Å²) < 4.78 is 10.2. The molecule has 128 valence electrons. The first-order valence-electron chi connectivity index (χ1n) is 7.24. The number of rotatable bonds is 6. The average Bonchev–Trinajstić information content (AvgIpc) is 2.80. The summed E-state index contributed by atoms with van der Waals surface area (Å²) in [7, 11) is 1.46. The van der Waals surface area contributed by atoms with Crippen LogP contribution in [0.5, 0.6) is 11.5 Å². The Balaban J connectivity index is 2.10. The normalized spacial score (nSPS) is 15.9. The van der Waals surface area contributed by atoms with Crippen molar-refractivity contribution in [2.75, 3.05) is 20.3 Å². The summed E-state index contributed by atoms with van der Waals surface area (Å²) in [5, 5.41) is 9.80. The number of amides is 1. The van der Waals surface area contributed by atoms with Crippen molar-refractivity contribution in [3.05, 3.63) is 28.7 Å². The highest BCUT2D eigenvalue weighted by molar-refractivity contribution is 8.26. The molecule has 0 aromatic heterocycles. The summed E-state index contributed by atoms with van der Waals surface area (Å²) in [6, 6.07) is 4.84. The van der Waals surface area contributed by atoms with Crippen molar-refractivity contribution in [2.45, 2.75) is 13.3 Å². The maximum absolute atomic E-state index is 12.4. The molecule has 1 aliphatic heterocycles. The molecule has 1 aromatic rings. The van der Waals surface area contributed by atoms with Crippen molar-refractivity contribution in [2.24, 2.45) is 0 Å². The molecular formula is C16H17NO5S2. The number of hydrogen-bond acceptors (Lipinski definition) is 7. The van der Waals surface area contributed by atoms with Crippen LogP contribution in [0.1, 0.15) is 18.9 Å². The minimum atomic E-state index is -0.365. The lowest BCUT2D eigenvalue weighted by molar-refractivity contribution is -0.143. The van der Waals surface area contributed by atoms with Gasteiger partial charge in [-0.3, -0.25) is 14.5 Å². The Kier molecular flexibility index (Phi) is 6.22. The standard InChI is InChI=1S/C16H17NO5S2/c1-3-22-14(19)6-7-17-15(20)13(24-16(17)23)9-10-4-5-12(21-2)11(18)8-10/h4-5,8-9,18H,3,6-7H2,1-2H3/b13-9-. The summed E-state index contributed by atoms with van der Waals surface area (Å²) in [5.74, 6) is -0.279. The fourth-order valence-corrected chi connectivity index (χ4v) is 3.39. The van der Waals surface area contributed by atoms with E-state index in [1.165, 1.54) is 18.1 Å². The third-order valence-electron chi connectivity index (χ3n) is 3.22. The van der Waals surface area contributed by atoms with Gasteiger partial charge in [-0.2, -0.15) is 0 Å². The highest BCUT2D eigenvalue weighted by atomic mass is 32.2. The monoisotopic (exact) mass is 367 g/mol. The topological polar surface area (TPSA) is 76.1 Å². The second-order valence-electron chi connectivity index (χ2n) is 4.82. The summed E-state index contributed by atoms with van der Waals surface area (Å²) in [6.45, 7) is 2.22. The van der Waals surface area contributed by atoms with Gasteiger partial charge in [0.15, 0.2) is 11.5 Å². The molecule has 24 heavy (non-hydrogen) atoms. The molecule has 1 fully saturated rings. The van der Waals surface area contributed by atoms with E-state index in [1.807, 2.05) is 0 Å². The number of carbonyl (C=O) groups is 2. The Morgan fingerprint density at radius 1 is 1.46 bits per heavy atom. The molecule has 1 N–H and O–H groups in total. The van der Waals surface area contributed by atoms with Gasteiger partial charge in [0, 0.05) is 6.54 Å². The van der Waals surface area contributed by atoms with Gasteiger partial charge in [-0.15, -0.1) is 0 Å². The maximum Gasteiger partial charge on any atom is 0.307 e. The van der Waals surface area contributed by atoms with Crippen molar-refractivity contribution in [3.63, 3.8) is 0 Å². The Morgan fingerprint density at radius 2 is 2.21 bits per heavy atom. The first-order valence-corrected chi connectivity index (χ1v) is 8.46. The van der Waals surface area contributed by atoms with E-state index < -0.39 is 0 Å². The molecule has 2 rings (SSSR count). The number of esters is 1. The summed E-state index contributed by atoms with van der Waals surface area (Å²) in [6.07, 6.45) is 1.74.